The molecule has 5 heteroatoms. The van der Waals surface area contributed by atoms with Gasteiger partial charge in [0.15, 0.2) is 0 Å². The molecule has 0 aromatic carbocycles. The summed E-state index contributed by atoms with van der Waals surface area (Å²) in [6, 6.07) is 0. The molecular formula is C10H21NO4. The number of carbonyl (C=O) groups is 2. The van der Waals surface area contributed by atoms with Gasteiger partial charge in [-0.05, 0) is 26.3 Å². The average Bonchev–Trinajstić information content (AvgIpc) is 2.23. The van der Waals surface area contributed by atoms with Crippen LogP contribution < -0.4 is 5.32 Å². The molecule has 0 aromatic rings. The van der Waals surface area contributed by atoms with Crippen LogP contribution in [0.4, 0.5) is 0 Å². The van der Waals surface area contributed by atoms with Gasteiger partial charge in [0.05, 0.1) is 0 Å². The molecule has 0 aromatic heterocycles. The molecule has 0 saturated carbocycles. The molecule has 0 heterocycles. The highest BCUT2D eigenvalue weighted by molar-refractivity contribution is 6.27. The van der Waals surface area contributed by atoms with Crippen LogP contribution in [0.5, 0.6) is 0 Å². The Kier molecular flexibility index (Phi) is 8.96. The second kappa shape index (κ2) is 8.23. The van der Waals surface area contributed by atoms with Crippen molar-refractivity contribution in [2.75, 3.05) is 7.05 Å². The van der Waals surface area contributed by atoms with E-state index in [0.29, 0.717) is 5.54 Å². The third kappa shape index (κ3) is 6.90. The summed E-state index contributed by atoms with van der Waals surface area (Å²) < 4.78 is 0. The first-order valence-electron chi connectivity index (χ1n) is 5.04. The fourth-order valence-corrected chi connectivity index (χ4v) is 1.28. The van der Waals surface area contributed by atoms with Gasteiger partial charge in [0, 0.05) is 5.54 Å². The zero-order valence-electron chi connectivity index (χ0n) is 9.83. The van der Waals surface area contributed by atoms with Crippen LogP contribution in [0.1, 0.15) is 40.0 Å². The van der Waals surface area contributed by atoms with Crippen molar-refractivity contribution in [2.24, 2.45) is 0 Å². The van der Waals surface area contributed by atoms with Crippen molar-refractivity contribution >= 4 is 11.9 Å². The lowest BCUT2D eigenvalue weighted by Gasteiger charge is -2.29. The fraction of sp³-hybridized carbons (Fsp3) is 0.800. The van der Waals surface area contributed by atoms with Crippen LogP contribution >= 0.6 is 0 Å². The normalized spacial score (nSPS) is 10.1. The highest BCUT2D eigenvalue weighted by atomic mass is 16.4. The van der Waals surface area contributed by atoms with Gasteiger partial charge in [-0.25, -0.2) is 9.59 Å². The predicted octanol–water partition coefficient (Wildman–Crippen LogP) is 1.33. The van der Waals surface area contributed by atoms with Crippen molar-refractivity contribution in [2.45, 2.75) is 45.6 Å². The van der Waals surface area contributed by atoms with Crippen molar-refractivity contribution in [1.29, 1.82) is 0 Å². The van der Waals surface area contributed by atoms with Gasteiger partial charge in [0.2, 0.25) is 0 Å². The lowest BCUT2D eigenvalue weighted by molar-refractivity contribution is -0.159. The Morgan fingerprint density at radius 3 is 1.27 bits per heavy atom. The maximum Gasteiger partial charge on any atom is 0.414 e. The molecule has 15 heavy (non-hydrogen) atoms. The zero-order chi connectivity index (χ0) is 12.5. The number of rotatable bonds is 4. The number of nitrogens with one attached hydrogen (secondary N) is 1. The van der Waals surface area contributed by atoms with Crippen LogP contribution in [0.25, 0.3) is 0 Å². The topological polar surface area (TPSA) is 86.6 Å². The van der Waals surface area contributed by atoms with E-state index in [0.717, 1.165) is 0 Å². The Morgan fingerprint density at radius 2 is 1.27 bits per heavy atom. The first-order chi connectivity index (χ1) is 6.89. The van der Waals surface area contributed by atoms with Crippen LogP contribution in [-0.2, 0) is 9.59 Å². The Labute approximate surface area is 90.5 Å². The smallest absolute Gasteiger partial charge is 0.414 e. The minimum absolute atomic E-state index is 0.417. The summed E-state index contributed by atoms with van der Waals surface area (Å²) in [7, 11) is 2.05. The number of aliphatic carboxylic acids is 2. The number of hydrogen-bond acceptors (Lipinski definition) is 3. The highest BCUT2D eigenvalue weighted by Crippen LogP contribution is 2.17. The standard InChI is InChI=1S/C8H19N.C2H2O4/c1-5-8(6-2,7-3)9-4;3-1(4)2(5)6/h9H,5-7H2,1-4H3;(H,3,4)(H,5,6). The molecule has 90 valence electrons. The molecule has 0 aliphatic rings. The summed E-state index contributed by atoms with van der Waals surface area (Å²) in [5, 5.41) is 18.1. The summed E-state index contributed by atoms with van der Waals surface area (Å²) in [5.41, 5.74) is 0.417. The number of hydrogen-bond donors (Lipinski definition) is 3. The second-order valence-corrected chi connectivity index (χ2v) is 3.20. The molecule has 0 amide bonds. The van der Waals surface area contributed by atoms with Crippen molar-refractivity contribution in [3.8, 4) is 0 Å². The molecular weight excluding hydrogens is 198 g/mol. The van der Waals surface area contributed by atoms with Crippen LogP contribution in [0.2, 0.25) is 0 Å². The lowest BCUT2D eigenvalue weighted by atomic mass is 9.90. The van der Waals surface area contributed by atoms with E-state index in [2.05, 4.69) is 33.1 Å². The van der Waals surface area contributed by atoms with Gasteiger partial charge in [-0.3, -0.25) is 0 Å². The van der Waals surface area contributed by atoms with Gasteiger partial charge in [-0.1, -0.05) is 20.8 Å². The van der Waals surface area contributed by atoms with Gasteiger partial charge in [-0.15, -0.1) is 0 Å². The molecule has 0 saturated heterocycles. The molecule has 0 spiro atoms. The van der Waals surface area contributed by atoms with E-state index in [1.54, 1.807) is 0 Å². The van der Waals surface area contributed by atoms with Gasteiger partial charge in [0.1, 0.15) is 0 Å². The Hall–Kier alpha value is -1.10. The third-order valence-corrected chi connectivity index (χ3v) is 2.74. The molecule has 0 unspecified atom stereocenters. The highest BCUT2D eigenvalue weighted by Gasteiger charge is 2.19. The monoisotopic (exact) mass is 219 g/mol. The Balaban J connectivity index is 0. The Bertz CT molecular complexity index is 170. The van der Waals surface area contributed by atoms with E-state index < -0.39 is 11.9 Å². The van der Waals surface area contributed by atoms with Crippen LogP contribution in [0, 0.1) is 0 Å². The summed E-state index contributed by atoms with van der Waals surface area (Å²) in [4.78, 5) is 18.2. The zero-order valence-corrected chi connectivity index (χ0v) is 9.83. The SMILES string of the molecule is CCC(CC)(CC)NC.O=C(O)C(=O)O. The van der Waals surface area contributed by atoms with Crippen molar-refractivity contribution in [3.63, 3.8) is 0 Å². The van der Waals surface area contributed by atoms with Crippen LogP contribution in [0.3, 0.4) is 0 Å². The first-order valence-corrected chi connectivity index (χ1v) is 5.04. The average molecular weight is 219 g/mol. The van der Waals surface area contributed by atoms with E-state index in [4.69, 9.17) is 19.8 Å². The largest absolute Gasteiger partial charge is 0.473 e. The van der Waals surface area contributed by atoms with Crippen LogP contribution in [-0.4, -0.2) is 34.7 Å². The van der Waals surface area contributed by atoms with E-state index in [1.165, 1.54) is 19.3 Å². The van der Waals surface area contributed by atoms with Crippen molar-refractivity contribution in [1.82, 2.24) is 5.32 Å². The van der Waals surface area contributed by atoms with E-state index in [1.807, 2.05) is 0 Å². The summed E-state index contributed by atoms with van der Waals surface area (Å²) >= 11 is 0. The van der Waals surface area contributed by atoms with Gasteiger partial charge in [0.25, 0.3) is 0 Å². The molecule has 5 nitrogen and oxygen atoms in total. The minimum Gasteiger partial charge on any atom is -0.473 e. The summed E-state index contributed by atoms with van der Waals surface area (Å²) in [5.74, 6) is -3.65. The van der Waals surface area contributed by atoms with Crippen molar-refractivity contribution in [3.05, 3.63) is 0 Å². The van der Waals surface area contributed by atoms with Gasteiger partial charge in [-0.2, -0.15) is 0 Å². The summed E-state index contributed by atoms with van der Waals surface area (Å²) in [6.07, 6.45) is 3.70. The molecule has 0 aliphatic heterocycles. The van der Waals surface area contributed by atoms with Gasteiger partial charge >= 0.3 is 11.9 Å². The van der Waals surface area contributed by atoms with E-state index >= 15 is 0 Å². The van der Waals surface area contributed by atoms with E-state index in [-0.39, 0.29) is 0 Å². The van der Waals surface area contributed by atoms with Crippen molar-refractivity contribution < 1.29 is 19.8 Å². The maximum atomic E-state index is 9.10. The van der Waals surface area contributed by atoms with Crippen LogP contribution in [0.15, 0.2) is 0 Å². The van der Waals surface area contributed by atoms with E-state index in [9.17, 15) is 0 Å². The third-order valence-electron chi connectivity index (χ3n) is 2.74. The van der Waals surface area contributed by atoms with Gasteiger partial charge < -0.3 is 15.5 Å². The second-order valence-electron chi connectivity index (χ2n) is 3.20. The molecule has 0 atom stereocenters. The molecule has 0 rings (SSSR count). The quantitative estimate of drug-likeness (QED) is 0.621. The Morgan fingerprint density at radius 1 is 1.00 bits per heavy atom. The molecule has 3 N–H and O–H groups in total. The maximum absolute atomic E-state index is 9.10. The lowest BCUT2D eigenvalue weighted by Crippen LogP contribution is -2.40. The molecule has 0 fully saturated rings. The molecule has 0 bridgehead atoms. The minimum atomic E-state index is -1.82. The molecule has 0 radical (unpaired) electrons. The number of carboxylic acid groups (broad SMARTS) is 2. The molecule has 0 aliphatic carbocycles. The fourth-order valence-electron chi connectivity index (χ4n) is 1.28. The summed E-state index contributed by atoms with van der Waals surface area (Å²) in [6.45, 7) is 6.72. The predicted molar refractivity (Wildman–Crippen MR) is 57.9 cm³/mol. The first kappa shape index (κ1) is 16.3. The number of carboxylic acids is 2.